The fourth-order valence-corrected chi connectivity index (χ4v) is 1.65. The Morgan fingerprint density at radius 2 is 2.06 bits per heavy atom. The molecule has 0 unspecified atom stereocenters. The molecule has 2 rings (SSSR count). The van der Waals surface area contributed by atoms with Gasteiger partial charge in [-0.2, -0.15) is 0 Å². The summed E-state index contributed by atoms with van der Waals surface area (Å²) in [5.41, 5.74) is 0.434. The molecule has 1 aliphatic rings. The van der Waals surface area contributed by atoms with E-state index in [2.05, 4.69) is 20.6 Å². The molecule has 0 aromatic carbocycles. The number of carbonyl (C=O) groups excluding carboxylic acids is 1. The maximum atomic E-state index is 11.7. The molecule has 1 fully saturated rings. The van der Waals surface area contributed by atoms with Crippen LogP contribution >= 0.6 is 24.8 Å². The summed E-state index contributed by atoms with van der Waals surface area (Å²) in [4.78, 5) is 19.4. The highest BCUT2D eigenvalue weighted by Crippen LogP contribution is 2.03. The van der Waals surface area contributed by atoms with Crippen molar-refractivity contribution >= 4 is 30.7 Å². The molecule has 2 heterocycles. The van der Waals surface area contributed by atoms with Gasteiger partial charge in [-0.25, -0.2) is 9.97 Å². The van der Waals surface area contributed by atoms with Gasteiger partial charge in [0.1, 0.15) is 12.0 Å². The molecule has 0 aliphatic carbocycles. The number of piperidine rings is 1. The molecule has 96 valence electrons. The van der Waals surface area contributed by atoms with Gasteiger partial charge < -0.3 is 10.6 Å². The van der Waals surface area contributed by atoms with Crippen LogP contribution < -0.4 is 10.6 Å². The number of nitrogens with one attached hydrogen (secondary N) is 2. The second-order valence-corrected chi connectivity index (χ2v) is 3.59. The first-order chi connectivity index (χ1) is 7.36. The van der Waals surface area contributed by atoms with E-state index in [1.807, 2.05) is 0 Å². The lowest BCUT2D eigenvalue weighted by Crippen LogP contribution is -2.42. The fourth-order valence-electron chi connectivity index (χ4n) is 1.65. The van der Waals surface area contributed by atoms with Crippen LogP contribution in [0.25, 0.3) is 0 Å². The molecule has 1 aromatic heterocycles. The van der Waals surface area contributed by atoms with Gasteiger partial charge in [0.15, 0.2) is 0 Å². The summed E-state index contributed by atoms with van der Waals surface area (Å²) < 4.78 is 0. The van der Waals surface area contributed by atoms with E-state index in [4.69, 9.17) is 0 Å². The summed E-state index contributed by atoms with van der Waals surface area (Å²) in [5, 5.41) is 6.22. The van der Waals surface area contributed by atoms with Crippen LogP contribution in [0, 0.1) is 0 Å². The van der Waals surface area contributed by atoms with Crippen LogP contribution in [0.3, 0.4) is 0 Å². The van der Waals surface area contributed by atoms with Crippen LogP contribution in [0.2, 0.25) is 0 Å². The van der Waals surface area contributed by atoms with Gasteiger partial charge in [-0.15, -0.1) is 24.8 Å². The maximum Gasteiger partial charge on any atom is 0.270 e. The Morgan fingerprint density at radius 3 is 2.65 bits per heavy atom. The van der Waals surface area contributed by atoms with Crippen molar-refractivity contribution in [3.05, 3.63) is 24.3 Å². The molecular formula is C10H16Cl2N4O. The molecule has 1 amide bonds. The lowest BCUT2D eigenvalue weighted by atomic mass is 10.1. The third kappa shape index (κ3) is 4.85. The average Bonchev–Trinajstić information content (AvgIpc) is 2.31. The maximum absolute atomic E-state index is 11.7. The third-order valence-corrected chi connectivity index (χ3v) is 2.49. The monoisotopic (exact) mass is 278 g/mol. The first-order valence-electron chi connectivity index (χ1n) is 5.14. The van der Waals surface area contributed by atoms with Crippen LogP contribution in [-0.2, 0) is 0 Å². The Labute approximate surface area is 113 Å². The number of carbonyl (C=O) groups is 1. The minimum absolute atomic E-state index is 0. The Balaban J connectivity index is 0.00000128. The van der Waals surface area contributed by atoms with Gasteiger partial charge in [0.25, 0.3) is 5.91 Å². The normalized spacial score (nSPS) is 15.3. The third-order valence-electron chi connectivity index (χ3n) is 2.49. The lowest BCUT2D eigenvalue weighted by Gasteiger charge is -2.23. The molecule has 0 atom stereocenters. The second-order valence-electron chi connectivity index (χ2n) is 3.59. The first-order valence-corrected chi connectivity index (χ1v) is 5.14. The zero-order valence-electron chi connectivity index (χ0n) is 9.26. The van der Waals surface area contributed by atoms with Crippen molar-refractivity contribution < 1.29 is 4.79 Å². The number of aromatic nitrogens is 2. The Bertz CT molecular complexity index is 330. The standard InChI is InChI=1S/C10H14N4O.2ClH/c15-10(9-3-6-12-7-13-9)14-8-1-4-11-5-2-8;;/h3,6-8,11H,1-2,4-5H2,(H,14,15);2*1H. The highest BCUT2D eigenvalue weighted by atomic mass is 35.5. The van der Waals surface area contributed by atoms with Crippen molar-refractivity contribution in [2.24, 2.45) is 0 Å². The first kappa shape index (κ1) is 16.1. The van der Waals surface area contributed by atoms with E-state index in [1.54, 1.807) is 12.3 Å². The second kappa shape index (κ2) is 8.22. The molecular weight excluding hydrogens is 263 g/mol. The average molecular weight is 279 g/mol. The SMILES string of the molecule is Cl.Cl.O=C(NC1CCNCC1)c1ccncn1. The predicted molar refractivity (Wildman–Crippen MR) is 69.9 cm³/mol. The van der Waals surface area contributed by atoms with Crippen molar-refractivity contribution in [1.82, 2.24) is 20.6 Å². The highest BCUT2D eigenvalue weighted by Gasteiger charge is 2.16. The smallest absolute Gasteiger partial charge is 0.270 e. The van der Waals surface area contributed by atoms with E-state index in [0.717, 1.165) is 25.9 Å². The summed E-state index contributed by atoms with van der Waals surface area (Å²) >= 11 is 0. The molecule has 1 aliphatic heterocycles. The van der Waals surface area contributed by atoms with E-state index in [-0.39, 0.29) is 36.8 Å². The number of hydrogen-bond donors (Lipinski definition) is 2. The largest absolute Gasteiger partial charge is 0.348 e. The molecule has 0 bridgehead atoms. The fraction of sp³-hybridized carbons (Fsp3) is 0.500. The van der Waals surface area contributed by atoms with Crippen LogP contribution in [0.4, 0.5) is 0 Å². The minimum atomic E-state index is -0.107. The van der Waals surface area contributed by atoms with Gasteiger partial charge in [0.2, 0.25) is 0 Å². The van der Waals surface area contributed by atoms with Crippen molar-refractivity contribution in [1.29, 1.82) is 0 Å². The Hall–Kier alpha value is -0.910. The van der Waals surface area contributed by atoms with Crippen LogP contribution in [-0.4, -0.2) is 35.0 Å². The van der Waals surface area contributed by atoms with Gasteiger partial charge >= 0.3 is 0 Å². The van der Waals surface area contributed by atoms with E-state index in [9.17, 15) is 4.79 Å². The Morgan fingerprint density at radius 1 is 1.35 bits per heavy atom. The molecule has 0 radical (unpaired) electrons. The molecule has 5 nitrogen and oxygen atoms in total. The summed E-state index contributed by atoms with van der Waals surface area (Å²) in [5.74, 6) is -0.107. The van der Waals surface area contributed by atoms with Crippen molar-refractivity contribution in [3.63, 3.8) is 0 Å². The zero-order chi connectivity index (χ0) is 10.5. The molecule has 1 aromatic rings. The molecule has 0 saturated carbocycles. The van der Waals surface area contributed by atoms with Crippen molar-refractivity contribution in [2.45, 2.75) is 18.9 Å². The van der Waals surface area contributed by atoms with E-state index in [0.29, 0.717) is 5.69 Å². The quantitative estimate of drug-likeness (QED) is 0.840. The van der Waals surface area contributed by atoms with Gasteiger partial charge in [0, 0.05) is 12.2 Å². The number of amides is 1. The Kier molecular flexibility index (Phi) is 7.78. The van der Waals surface area contributed by atoms with E-state index >= 15 is 0 Å². The molecule has 17 heavy (non-hydrogen) atoms. The molecule has 0 spiro atoms. The number of halogens is 2. The van der Waals surface area contributed by atoms with Gasteiger partial charge in [-0.1, -0.05) is 0 Å². The summed E-state index contributed by atoms with van der Waals surface area (Å²) in [6.07, 6.45) is 4.93. The summed E-state index contributed by atoms with van der Waals surface area (Å²) in [7, 11) is 0. The minimum Gasteiger partial charge on any atom is -0.348 e. The number of hydrogen-bond acceptors (Lipinski definition) is 4. The molecule has 7 heteroatoms. The zero-order valence-corrected chi connectivity index (χ0v) is 10.9. The van der Waals surface area contributed by atoms with Crippen molar-refractivity contribution in [2.75, 3.05) is 13.1 Å². The summed E-state index contributed by atoms with van der Waals surface area (Å²) in [6.45, 7) is 1.93. The molecule has 1 saturated heterocycles. The van der Waals surface area contributed by atoms with Gasteiger partial charge in [0.05, 0.1) is 0 Å². The van der Waals surface area contributed by atoms with Crippen LogP contribution in [0.15, 0.2) is 18.6 Å². The van der Waals surface area contributed by atoms with Crippen LogP contribution in [0.1, 0.15) is 23.3 Å². The topological polar surface area (TPSA) is 66.9 Å². The van der Waals surface area contributed by atoms with E-state index in [1.165, 1.54) is 6.33 Å². The predicted octanol–water partition coefficient (Wildman–Crippen LogP) is 0.802. The molecule has 2 N–H and O–H groups in total. The number of rotatable bonds is 2. The highest BCUT2D eigenvalue weighted by molar-refractivity contribution is 5.92. The van der Waals surface area contributed by atoms with Crippen molar-refractivity contribution in [3.8, 4) is 0 Å². The van der Waals surface area contributed by atoms with Gasteiger partial charge in [-0.05, 0) is 32.0 Å². The van der Waals surface area contributed by atoms with E-state index < -0.39 is 0 Å². The van der Waals surface area contributed by atoms with Gasteiger partial charge in [-0.3, -0.25) is 4.79 Å². The number of nitrogens with zero attached hydrogens (tertiary/aromatic N) is 2. The lowest BCUT2D eigenvalue weighted by molar-refractivity contribution is 0.0924. The summed E-state index contributed by atoms with van der Waals surface area (Å²) in [6, 6.07) is 1.89. The van der Waals surface area contributed by atoms with Crippen LogP contribution in [0.5, 0.6) is 0 Å².